The maximum Gasteiger partial charge on any atom is 0.573 e. The van der Waals surface area contributed by atoms with E-state index in [1.165, 1.54) is 30.3 Å². The van der Waals surface area contributed by atoms with E-state index >= 15 is 0 Å². The van der Waals surface area contributed by atoms with Crippen LogP contribution >= 0.6 is 0 Å². The van der Waals surface area contributed by atoms with Gasteiger partial charge < -0.3 is 15.2 Å². The zero-order chi connectivity index (χ0) is 24.8. The summed E-state index contributed by atoms with van der Waals surface area (Å²) in [5.41, 5.74) is 0.706. The van der Waals surface area contributed by atoms with Gasteiger partial charge in [-0.3, -0.25) is 9.52 Å². The van der Waals surface area contributed by atoms with Crippen LogP contribution in [0.4, 0.5) is 24.5 Å². The van der Waals surface area contributed by atoms with E-state index in [0.29, 0.717) is 24.1 Å². The van der Waals surface area contributed by atoms with E-state index in [1.807, 2.05) is 6.92 Å². The Morgan fingerprint density at radius 3 is 2.39 bits per heavy atom. The van der Waals surface area contributed by atoms with Crippen molar-refractivity contribution in [2.24, 2.45) is 11.8 Å². The third-order valence-corrected chi connectivity index (χ3v) is 6.28. The Kier molecular flexibility index (Phi) is 8.73. The number of hydrogen-bond acceptors (Lipinski definition) is 5. The first kappa shape index (κ1) is 26.5. The summed E-state index contributed by atoms with van der Waals surface area (Å²) < 4.78 is 69.4. The van der Waals surface area contributed by atoms with Gasteiger partial charge in [0.1, 0.15) is 5.75 Å². The van der Waals surface area contributed by atoms with Crippen LogP contribution in [-0.2, 0) is 21.2 Å². The summed E-state index contributed by atoms with van der Waals surface area (Å²) in [6.07, 6.45) is -3.92. The van der Waals surface area contributed by atoms with Gasteiger partial charge >= 0.3 is 6.36 Å². The van der Waals surface area contributed by atoms with Crippen LogP contribution < -0.4 is 14.8 Å². The second kappa shape index (κ2) is 10.9. The van der Waals surface area contributed by atoms with E-state index in [2.05, 4.69) is 14.8 Å². The fraction of sp³-hybridized carbons (Fsp3) is 0.409. The molecule has 0 fully saturated rings. The van der Waals surface area contributed by atoms with Crippen LogP contribution in [0.5, 0.6) is 5.75 Å². The SMILES string of the molecule is CCCc1cc(NC(=O)[C@@H](CO)C(C)C)ccc1S(=O)(=O)Nc1cccc(OC(F)(F)F)c1. The van der Waals surface area contributed by atoms with Gasteiger partial charge in [-0.05, 0) is 48.2 Å². The number of ether oxygens (including phenoxy) is 1. The average Bonchev–Trinajstić information content (AvgIpc) is 2.67. The Morgan fingerprint density at radius 2 is 1.82 bits per heavy atom. The van der Waals surface area contributed by atoms with Gasteiger partial charge in [0.05, 0.1) is 23.1 Å². The third kappa shape index (κ3) is 7.64. The average molecular weight is 489 g/mol. The molecule has 0 saturated carbocycles. The number of aliphatic hydroxyl groups is 1. The lowest BCUT2D eigenvalue weighted by molar-refractivity contribution is -0.274. The second-order valence-electron chi connectivity index (χ2n) is 7.78. The predicted molar refractivity (Wildman–Crippen MR) is 118 cm³/mol. The molecule has 0 bridgehead atoms. The number of amides is 1. The molecule has 0 aromatic heterocycles. The molecular weight excluding hydrogens is 461 g/mol. The number of alkyl halides is 3. The summed E-state index contributed by atoms with van der Waals surface area (Å²) in [6, 6.07) is 8.80. The maximum atomic E-state index is 13.0. The van der Waals surface area contributed by atoms with Crippen LogP contribution in [-0.4, -0.2) is 32.4 Å². The molecule has 0 spiro atoms. The molecule has 0 radical (unpaired) electrons. The monoisotopic (exact) mass is 488 g/mol. The zero-order valence-electron chi connectivity index (χ0n) is 18.4. The highest BCUT2D eigenvalue weighted by Gasteiger charge is 2.31. The Morgan fingerprint density at radius 1 is 1.12 bits per heavy atom. The molecule has 0 unspecified atom stereocenters. The molecule has 33 heavy (non-hydrogen) atoms. The van der Waals surface area contributed by atoms with Crippen molar-refractivity contribution in [1.29, 1.82) is 0 Å². The smallest absolute Gasteiger partial charge is 0.406 e. The lowest BCUT2D eigenvalue weighted by Gasteiger charge is -2.19. The molecule has 182 valence electrons. The lowest BCUT2D eigenvalue weighted by atomic mass is 9.96. The van der Waals surface area contributed by atoms with Crippen LogP contribution in [0.25, 0.3) is 0 Å². The molecule has 0 saturated heterocycles. The zero-order valence-corrected chi connectivity index (χ0v) is 19.3. The molecule has 0 aliphatic carbocycles. The molecule has 2 rings (SSSR count). The normalized spacial score (nSPS) is 13.0. The summed E-state index contributed by atoms with van der Waals surface area (Å²) in [6.45, 7) is 5.14. The van der Waals surface area contributed by atoms with Crippen molar-refractivity contribution in [3.05, 3.63) is 48.0 Å². The lowest BCUT2D eigenvalue weighted by Crippen LogP contribution is -2.29. The van der Waals surface area contributed by atoms with Gasteiger partial charge in [-0.25, -0.2) is 8.42 Å². The van der Waals surface area contributed by atoms with Crippen molar-refractivity contribution in [3.8, 4) is 5.75 Å². The fourth-order valence-corrected chi connectivity index (χ4v) is 4.48. The van der Waals surface area contributed by atoms with Crippen LogP contribution in [0.2, 0.25) is 0 Å². The third-order valence-electron chi connectivity index (χ3n) is 4.79. The Hall–Kier alpha value is -2.79. The van der Waals surface area contributed by atoms with Gasteiger partial charge in [-0.15, -0.1) is 13.2 Å². The number of carbonyl (C=O) groups excluding carboxylic acids is 1. The minimum Gasteiger partial charge on any atom is -0.406 e. The summed E-state index contributed by atoms with van der Waals surface area (Å²) in [5.74, 6) is -1.65. The molecule has 0 aliphatic rings. The number of rotatable bonds is 10. The van der Waals surface area contributed by atoms with E-state index in [-0.39, 0.29) is 29.0 Å². The molecule has 2 aromatic carbocycles. The van der Waals surface area contributed by atoms with Crippen molar-refractivity contribution < 1.29 is 36.2 Å². The number of nitrogens with one attached hydrogen (secondary N) is 2. The standard InChI is InChI=1S/C22H27F3N2O5S/c1-4-6-15-11-16(26-21(29)19(13-28)14(2)3)9-10-20(15)33(30,31)27-17-7-5-8-18(12-17)32-22(23,24)25/h5,7-12,14,19,27-28H,4,6,13H2,1-3H3,(H,26,29)/t19-/m0/s1. The van der Waals surface area contributed by atoms with Gasteiger partial charge in [-0.1, -0.05) is 33.3 Å². The molecule has 1 amide bonds. The molecule has 0 heterocycles. The van der Waals surface area contributed by atoms with Crippen LogP contribution in [0.1, 0.15) is 32.8 Å². The van der Waals surface area contributed by atoms with Gasteiger partial charge in [0.2, 0.25) is 5.91 Å². The molecule has 2 aromatic rings. The van der Waals surface area contributed by atoms with E-state index in [9.17, 15) is 31.5 Å². The number of carbonyl (C=O) groups is 1. The van der Waals surface area contributed by atoms with E-state index < -0.39 is 28.1 Å². The van der Waals surface area contributed by atoms with Crippen LogP contribution in [0, 0.1) is 11.8 Å². The summed E-state index contributed by atoms with van der Waals surface area (Å²) >= 11 is 0. The Balaban J connectivity index is 2.31. The van der Waals surface area contributed by atoms with Crippen molar-refractivity contribution in [2.45, 2.75) is 44.9 Å². The Bertz CT molecular complexity index is 1070. The van der Waals surface area contributed by atoms with Crippen molar-refractivity contribution in [2.75, 3.05) is 16.6 Å². The Labute approximate surface area is 191 Å². The quantitative estimate of drug-likeness (QED) is 0.455. The molecule has 3 N–H and O–H groups in total. The highest BCUT2D eigenvalue weighted by molar-refractivity contribution is 7.92. The maximum absolute atomic E-state index is 13.0. The molecule has 11 heteroatoms. The van der Waals surface area contributed by atoms with Crippen molar-refractivity contribution in [3.63, 3.8) is 0 Å². The van der Waals surface area contributed by atoms with Crippen molar-refractivity contribution in [1.82, 2.24) is 0 Å². The minimum atomic E-state index is -4.91. The number of halogens is 3. The predicted octanol–water partition coefficient (Wildman–Crippen LogP) is 4.54. The molecule has 7 nitrogen and oxygen atoms in total. The van der Waals surface area contributed by atoms with Crippen LogP contribution in [0.15, 0.2) is 47.4 Å². The first-order chi connectivity index (χ1) is 15.4. The molecular formula is C22H27F3N2O5S. The minimum absolute atomic E-state index is 0.0629. The topological polar surface area (TPSA) is 105 Å². The van der Waals surface area contributed by atoms with Gasteiger partial charge in [0.25, 0.3) is 10.0 Å². The van der Waals surface area contributed by atoms with Crippen molar-refractivity contribution >= 4 is 27.3 Å². The van der Waals surface area contributed by atoms with Gasteiger partial charge in [-0.2, -0.15) is 0 Å². The highest BCUT2D eigenvalue weighted by Crippen LogP contribution is 2.28. The summed E-state index contributed by atoms with van der Waals surface area (Å²) in [4.78, 5) is 12.4. The first-order valence-electron chi connectivity index (χ1n) is 10.3. The van der Waals surface area contributed by atoms with E-state index in [4.69, 9.17) is 0 Å². The largest absolute Gasteiger partial charge is 0.573 e. The summed E-state index contributed by atoms with van der Waals surface area (Å²) in [7, 11) is -4.15. The molecule has 1 atom stereocenters. The second-order valence-corrected chi connectivity index (χ2v) is 9.43. The van der Waals surface area contributed by atoms with Gasteiger partial charge in [0, 0.05) is 11.8 Å². The fourth-order valence-electron chi connectivity index (χ4n) is 3.18. The van der Waals surface area contributed by atoms with E-state index in [1.54, 1.807) is 13.8 Å². The first-order valence-corrected chi connectivity index (χ1v) is 11.8. The molecule has 0 aliphatic heterocycles. The highest BCUT2D eigenvalue weighted by atomic mass is 32.2. The van der Waals surface area contributed by atoms with Crippen LogP contribution in [0.3, 0.4) is 0 Å². The number of benzene rings is 2. The number of aliphatic hydroxyl groups excluding tert-OH is 1. The number of hydrogen-bond donors (Lipinski definition) is 3. The number of sulfonamides is 1. The summed E-state index contributed by atoms with van der Waals surface area (Å²) in [5, 5.41) is 12.1. The number of aryl methyl sites for hydroxylation is 1. The van der Waals surface area contributed by atoms with E-state index in [0.717, 1.165) is 12.1 Å². The number of anilines is 2. The van der Waals surface area contributed by atoms with Gasteiger partial charge in [0.15, 0.2) is 0 Å².